The van der Waals surface area contributed by atoms with Crippen molar-refractivity contribution in [1.82, 2.24) is 5.32 Å². The number of carbonyl (C=O) groups excluding carboxylic acids is 1. The van der Waals surface area contributed by atoms with Crippen LogP contribution in [0.3, 0.4) is 0 Å². The molecule has 3 N–H and O–H groups in total. The van der Waals surface area contributed by atoms with Crippen LogP contribution in [0.4, 0.5) is 10.5 Å². The zero-order valence-corrected chi connectivity index (χ0v) is 18.0. The number of benzene rings is 3. The number of ether oxygens (including phenoxy) is 1. The molecule has 0 aliphatic heterocycles. The number of fused-ring (bicyclic) bond motifs is 3. The third-order valence-electron chi connectivity index (χ3n) is 5.44. The minimum atomic E-state index is -0.440. The molecule has 0 fully saturated rings. The molecule has 4 nitrogen and oxygen atoms in total. The molecule has 3 aromatic rings. The molecule has 0 heterocycles. The van der Waals surface area contributed by atoms with Gasteiger partial charge in [0, 0.05) is 30.1 Å². The van der Waals surface area contributed by atoms with E-state index in [1.807, 2.05) is 37.3 Å². The Morgan fingerprint density at radius 2 is 1.74 bits per heavy atom. The smallest absolute Gasteiger partial charge is 0.407 e. The molecule has 156 valence electrons. The summed E-state index contributed by atoms with van der Waals surface area (Å²) in [6.07, 6.45) is 0.0502. The molecular weight excluding hydrogens is 408 g/mol. The quantitative estimate of drug-likeness (QED) is 0.326. The molecule has 0 bridgehead atoms. The van der Waals surface area contributed by atoms with E-state index in [0.717, 1.165) is 11.1 Å². The lowest BCUT2D eigenvalue weighted by Gasteiger charge is -2.14. The van der Waals surface area contributed by atoms with E-state index >= 15 is 0 Å². The van der Waals surface area contributed by atoms with Gasteiger partial charge in [-0.2, -0.15) is 0 Å². The van der Waals surface area contributed by atoms with Crippen molar-refractivity contribution in [3.8, 4) is 23.0 Å². The normalized spacial score (nSPS) is 11.8. The fourth-order valence-corrected chi connectivity index (χ4v) is 4.05. The van der Waals surface area contributed by atoms with Gasteiger partial charge in [0.05, 0.1) is 5.02 Å². The van der Waals surface area contributed by atoms with Gasteiger partial charge in [-0.25, -0.2) is 4.79 Å². The Kier molecular flexibility index (Phi) is 6.16. The van der Waals surface area contributed by atoms with Gasteiger partial charge in [0.15, 0.2) is 0 Å². The molecule has 1 amide bonds. The van der Waals surface area contributed by atoms with Crippen LogP contribution < -0.4 is 11.1 Å². The third kappa shape index (κ3) is 4.52. The Balaban J connectivity index is 1.30. The number of amides is 1. The van der Waals surface area contributed by atoms with E-state index in [1.54, 1.807) is 6.07 Å². The Morgan fingerprint density at radius 3 is 2.42 bits per heavy atom. The average molecular weight is 431 g/mol. The second-order valence-corrected chi connectivity index (χ2v) is 7.90. The number of carbonyl (C=O) groups is 1. The first-order chi connectivity index (χ1) is 15.0. The van der Waals surface area contributed by atoms with Crippen molar-refractivity contribution in [2.75, 3.05) is 18.9 Å². The van der Waals surface area contributed by atoms with Crippen molar-refractivity contribution in [2.45, 2.75) is 19.3 Å². The number of alkyl carbamates (subject to hydrolysis) is 1. The van der Waals surface area contributed by atoms with Gasteiger partial charge in [-0.05, 0) is 46.9 Å². The molecule has 5 heteroatoms. The van der Waals surface area contributed by atoms with Gasteiger partial charge in [-0.3, -0.25) is 0 Å². The molecular formula is C26H23ClN2O2. The maximum absolute atomic E-state index is 12.2. The topological polar surface area (TPSA) is 64.3 Å². The van der Waals surface area contributed by atoms with Gasteiger partial charge >= 0.3 is 6.09 Å². The summed E-state index contributed by atoms with van der Waals surface area (Å²) < 4.78 is 5.52. The fraction of sp³-hybridized carbons (Fsp3) is 0.192. The van der Waals surface area contributed by atoms with Gasteiger partial charge in [0.2, 0.25) is 0 Å². The summed E-state index contributed by atoms with van der Waals surface area (Å²) in [4.78, 5) is 12.2. The predicted molar refractivity (Wildman–Crippen MR) is 125 cm³/mol. The standard InChI is InChI=1S/C26H23ClN2O2/c1-17-14-18(24(27)15-25(17)28)8-6-7-13-29-26(30)31-16-23-21-11-4-2-9-19(21)20-10-3-5-12-22(20)23/h2-5,9-12,14-15,23H,7,13,16,28H2,1H3,(H,29,30). The molecule has 0 saturated heterocycles. The number of aryl methyl sites for hydroxylation is 1. The molecule has 1 aliphatic carbocycles. The van der Waals surface area contributed by atoms with Crippen molar-refractivity contribution in [2.24, 2.45) is 0 Å². The Morgan fingerprint density at radius 1 is 1.10 bits per heavy atom. The van der Waals surface area contributed by atoms with Crippen LogP contribution in [0.2, 0.25) is 5.02 Å². The van der Waals surface area contributed by atoms with E-state index in [4.69, 9.17) is 22.1 Å². The summed E-state index contributed by atoms with van der Waals surface area (Å²) >= 11 is 6.17. The summed E-state index contributed by atoms with van der Waals surface area (Å²) in [5.41, 5.74) is 12.9. The van der Waals surface area contributed by atoms with E-state index in [9.17, 15) is 4.79 Å². The molecule has 0 spiro atoms. The van der Waals surface area contributed by atoms with Crippen LogP contribution in [0.15, 0.2) is 60.7 Å². The highest BCUT2D eigenvalue weighted by molar-refractivity contribution is 6.32. The first-order valence-corrected chi connectivity index (χ1v) is 10.6. The zero-order valence-electron chi connectivity index (χ0n) is 17.2. The molecule has 4 rings (SSSR count). The molecule has 0 unspecified atom stereocenters. The number of nitrogens with one attached hydrogen (secondary N) is 1. The Labute approximate surface area is 187 Å². The Hall–Kier alpha value is -3.42. The summed E-state index contributed by atoms with van der Waals surface area (Å²) in [6, 6.07) is 20.1. The van der Waals surface area contributed by atoms with E-state index in [2.05, 4.69) is 41.4 Å². The lowest BCUT2D eigenvalue weighted by Crippen LogP contribution is -2.26. The summed E-state index contributed by atoms with van der Waals surface area (Å²) in [5, 5.41) is 3.29. The second-order valence-electron chi connectivity index (χ2n) is 7.49. The third-order valence-corrected chi connectivity index (χ3v) is 5.75. The van der Waals surface area contributed by atoms with E-state index in [0.29, 0.717) is 30.3 Å². The maximum atomic E-state index is 12.2. The summed E-state index contributed by atoms with van der Waals surface area (Å²) in [5.74, 6) is 6.10. The second kappa shape index (κ2) is 9.16. The molecule has 3 aromatic carbocycles. The van der Waals surface area contributed by atoms with Crippen LogP contribution in [0.1, 0.15) is 34.6 Å². The predicted octanol–water partition coefficient (Wildman–Crippen LogP) is 5.51. The van der Waals surface area contributed by atoms with Gasteiger partial charge in [-0.1, -0.05) is 72.0 Å². The number of hydrogen-bond donors (Lipinski definition) is 2. The van der Waals surface area contributed by atoms with Crippen LogP contribution in [-0.2, 0) is 4.74 Å². The maximum Gasteiger partial charge on any atom is 0.407 e. The van der Waals surface area contributed by atoms with Crippen LogP contribution in [0, 0.1) is 18.8 Å². The van der Waals surface area contributed by atoms with Crippen LogP contribution in [0.5, 0.6) is 0 Å². The fourth-order valence-electron chi connectivity index (χ4n) is 3.83. The van der Waals surface area contributed by atoms with Crippen molar-refractivity contribution in [1.29, 1.82) is 0 Å². The first kappa shape index (κ1) is 20.8. The molecule has 0 atom stereocenters. The van der Waals surface area contributed by atoms with Crippen molar-refractivity contribution in [3.05, 3.63) is 87.9 Å². The Bertz CT molecular complexity index is 1150. The van der Waals surface area contributed by atoms with Gasteiger partial charge in [-0.15, -0.1) is 0 Å². The van der Waals surface area contributed by atoms with Gasteiger partial charge < -0.3 is 15.8 Å². The SMILES string of the molecule is Cc1cc(C#CCCNC(=O)OCC2c3ccccc3-c3ccccc32)c(Cl)cc1N. The average Bonchev–Trinajstić information content (AvgIpc) is 3.09. The van der Waals surface area contributed by atoms with Crippen LogP contribution in [0.25, 0.3) is 11.1 Å². The summed E-state index contributed by atoms with van der Waals surface area (Å²) in [6.45, 7) is 2.61. The lowest BCUT2D eigenvalue weighted by atomic mass is 9.98. The highest BCUT2D eigenvalue weighted by atomic mass is 35.5. The van der Waals surface area contributed by atoms with Crippen molar-refractivity contribution >= 4 is 23.4 Å². The first-order valence-electron chi connectivity index (χ1n) is 10.2. The van der Waals surface area contributed by atoms with Crippen molar-refractivity contribution < 1.29 is 9.53 Å². The number of rotatable bonds is 4. The van der Waals surface area contributed by atoms with Gasteiger partial charge in [0.1, 0.15) is 6.61 Å². The monoisotopic (exact) mass is 430 g/mol. The molecule has 0 aromatic heterocycles. The zero-order chi connectivity index (χ0) is 21.8. The molecule has 31 heavy (non-hydrogen) atoms. The number of nitrogens with two attached hydrogens (primary N) is 1. The number of anilines is 1. The number of halogens is 1. The highest BCUT2D eigenvalue weighted by Crippen LogP contribution is 2.44. The highest BCUT2D eigenvalue weighted by Gasteiger charge is 2.28. The van der Waals surface area contributed by atoms with Crippen molar-refractivity contribution in [3.63, 3.8) is 0 Å². The van der Waals surface area contributed by atoms with Gasteiger partial charge in [0.25, 0.3) is 0 Å². The molecule has 1 aliphatic rings. The van der Waals surface area contributed by atoms with E-state index in [-0.39, 0.29) is 5.92 Å². The minimum absolute atomic E-state index is 0.0499. The van der Waals surface area contributed by atoms with Crippen LogP contribution in [-0.4, -0.2) is 19.2 Å². The van der Waals surface area contributed by atoms with E-state index < -0.39 is 6.09 Å². The number of nitrogen functional groups attached to an aromatic ring is 1. The molecule has 0 saturated carbocycles. The molecule has 0 radical (unpaired) electrons. The minimum Gasteiger partial charge on any atom is -0.449 e. The lowest BCUT2D eigenvalue weighted by molar-refractivity contribution is 0.143. The largest absolute Gasteiger partial charge is 0.449 e. The number of hydrogen-bond acceptors (Lipinski definition) is 3. The van der Waals surface area contributed by atoms with Crippen LogP contribution >= 0.6 is 11.6 Å². The van der Waals surface area contributed by atoms with E-state index in [1.165, 1.54) is 22.3 Å². The summed E-state index contributed by atoms with van der Waals surface area (Å²) in [7, 11) is 0.